The molecule has 0 aliphatic carbocycles. The molecular formula is C14H11FN2O3. The summed E-state index contributed by atoms with van der Waals surface area (Å²) < 4.78 is 13.1. The number of rotatable bonds is 3. The fourth-order valence-corrected chi connectivity index (χ4v) is 1.74. The van der Waals surface area contributed by atoms with Crippen molar-refractivity contribution in [3.63, 3.8) is 0 Å². The Labute approximate surface area is 114 Å². The molecule has 2 aromatic carbocycles. The van der Waals surface area contributed by atoms with Crippen molar-refractivity contribution in [2.24, 2.45) is 0 Å². The van der Waals surface area contributed by atoms with Crippen molar-refractivity contribution in [3.8, 4) is 0 Å². The number of carbonyl (C=O) groups is 1. The van der Waals surface area contributed by atoms with Gasteiger partial charge in [-0.25, -0.2) is 4.39 Å². The number of nitro benzene ring substituents is 1. The first-order valence-corrected chi connectivity index (χ1v) is 5.80. The molecule has 0 bridgehead atoms. The van der Waals surface area contributed by atoms with Gasteiger partial charge in [0.05, 0.1) is 4.92 Å². The Balaban J connectivity index is 2.33. The zero-order valence-electron chi connectivity index (χ0n) is 10.6. The zero-order valence-corrected chi connectivity index (χ0v) is 10.6. The minimum absolute atomic E-state index is 0.0684. The smallest absolute Gasteiger partial charge is 0.282 e. The number of carbonyl (C=O) groups excluding carboxylic acids is 1. The number of nitrogens with zero attached hydrogens (tertiary/aromatic N) is 1. The van der Waals surface area contributed by atoms with Crippen molar-refractivity contribution in [2.75, 3.05) is 5.32 Å². The van der Waals surface area contributed by atoms with Crippen LogP contribution in [0.3, 0.4) is 0 Å². The van der Waals surface area contributed by atoms with E-state index in [1.165, 1.54) is 42.5 Å². The Morgan fingerprint density at radius 1 is 1.25 bits per heavy atom. The molecule has 0 atom stereocenters. The molecule has 5 nitrogen and oxygen atoms in total. The molecule has 20 heavy (non-hydrogen) atoms. The Bertz CT molecular complexity index is 686. The molecule has 0 saturated carbocycles. The lowest BCUT2D eigenvalue weighted by Gasteiger charge is -2.08. The number of benzene rings is 2. The second-order valence-corrected chi connectivity index (χ2v) is 4.19. The quantitative estimate of drug-likeness (QED) is 0.689. The zero-order chi connectivity index (χ0) is 14.7. The molecular weight excluding hydrogens is 263 g/mol. The van der Waals surface area contributed by atoms with Crippen LogP contribution in [0.15, 0.2) is 42.5 Å². The van der Waals surface area contributed by atoms with Gasteiger partial charge in [-0.3, -0.25) is 14.9 Å². The average molecular weight is 274 g/mol. The standard InChI is InChI=1S/C14H11FN2O3/c1-9-6-7-10(15)8-12(9)16-14(18)11-4-2-3-5-13(11)17(19)20/h2-8H,1H3,(H,16,18). The number of hydrogen-bond acceptors (Lipinski definition) is 3. The highest BCUT2D eigenvalue weighted by atomic mass is 19.1. The molecule has 2 aromatic rings. The van der Waals surface area contributed by atoms with Gasteiger partial charge < -0.3 is 5.32 Å². The topological polar surface area (TPSA) is 72.2 Å². The molecule has 1 amide bonds. The molecule has 0 fully saturated rings. The summed E-state index contributed by atoms with van der Waals surface area (Å²) in [5.41, 5.74) is 0.590. The van der Waals surface area contributed by atoms with Gasteiger partial charge in [-0.2, -0.15) is 0 Å². The second kappa shape index (κ2) is 5.48. The molecule has 1 N–H and O–H groups in total. The lowest BCUT2D eigenvalue weighted by atomic mass is 10.1. The summed E-state index contributed by atoms with van der Waals surface area (Å²) in [5, 5.41) is 13.3. The number of aryl methyl sites for hydroxylation is 1. The highest BCUT2D eigenvalue weighted by Crippen LogP contribution is 2.21. The van der Waals surface area contributed by atoms with Crippen LogP contribution in [-0.4, -0.2) is 10.8 Å². The molecule has 0 radical (unpaired) electrons. The lowest BCUT2D eigenvalue weighted by Crippen LogP contribution is -2.14. The maximum Gasteiger partial charge on any atom is 0.282 e. The molecule has 6 heteroatoms. The van der Waals surface area contributed by atoms with Crippen LogP contribution in [0.25, 0.3) is 0 Å². The van der Waals surface area contributed by atoms with Crippen molar-refractivity contribution in [2.45, 2.75) is 6.92 Å². The highest BCUT2D eigenvalue weighted by Gasteiger charge is 2.19. The van der Waals surface area contributed by atoms with E-state index in [0.29, 0.717) is 5.56 Å². The van der Waals surface area contributed by atoms with E-state index < -0.39 is 16.6 Å². The Morgan fingerprint density at radius 2 is 1.95 bits per heavy atom. The van der Waals surface area contributed by atoms with Gasteiger partial charge in [0.1, 0.15) is 11.4 Å². The predicted molar refractivity (Wildman–Crippen MR) is 72.2 cm³/mol. The van der Waals surface area contributed by atoms with Crippen molar-refractivity contribution in [1.82, 2.24) is 0 Å². The molecule has 0 aliphatic rings. The summed E-state index contributed by atoms with van der Waals surface area (Å²) in [7, 11) is 0. The van der Waals surface area contributed by atoms with Crippen LogP contribution in [0.2, 0.25) is 0 Å². The van der Waals surface area contributed by atoms with E-state index in [-0.39, 0.29) is 16.9 Å². The van der Waals surface area contributed by atoms with Gasteiger partial charge in [0.25, 0.3) is 11.6 Å². The maximum absolute atomic E-state index is 13.1. The Hall–Kier alpha value is -2.76. The number of nitro groups is 1. The molecule has 0 heterocycles. The first-order valence-electron chi connectivity index (χ1n) is 5.80. The second-order valence-electron chi connectivity index (χ2n) is 4.19. The number of halogens is 1. The number of para-hydroxylation sites is 1. The molecule has 2 rings (SSSR count). The Kier molecular flexibility index (Phi) is 3.74. The third-order valence-corrected chi connectivity index (χ3v) is 2.79. The van der Waals surface area contributed by atoms with E-state index >= 15 is 0 Å². The molecule has 0 aromatic heterocycles. The third kappa shape index (κ3) is 2.80. The van der Waals surface area contributed by atoms with E-state index in [4.69, 9.17) is 0 Å². The maximum atomic E-state index is 13.1. The van der Waals surface area contributed by atoms with Crippen LogP contribution in [0.5, 0.6) is 0 Å². The van der Waals surface area contributed by atoms with E-state index in [0.717, 1.165) is 0 Å². The Morgan fingerprint density at radius 3 is 2.65 bits per heavy atom. The van der Waals surface area contributed by atoms with Gasteiger partial charge in [0.15, 0.2) is 0 Å². The largest absolute Gasteiger partial charge is 0.321 e. The number of anilines is 1. The minimum atomic E-state index is -0.647. The summed E-state index contributed by atoms with van der Waals surface area (Å²) in [6, 6.07) is 9.56. The number of amides is 1. The number of nitrogens with one attached hydrogen (secondary N) is 1. The normalized spacial score (nSPS) is 10.1. The predicted octanol–water partition coefficient (Wildman–Crippen LogP) is 3.29. The molecule has 0 unspecified atom stereocenters. The van der Waals surface area contributed by atoms with Gasteiger partial charge in [0, 0.05) is 11.8 Å². The van der Waals surface area contributed by atoms with Crippen LogP contribution in [0.4, 0.5) is 15.8 Å². The average Bonchev–Trinajstić information content (AvgIpc) is 2.42. The third-order valence-electron chi connectivity index (χ3n) is 2.79. The first kappa shape index (κ1) is 13.7. The molecule has 0 saturated heterocycles. The van der Waals surface area contributed by atoms with Gasteiger partial charge in [-0.05, 0) is 30.7 Å². The summed E-state index contributed by atoms with van der Waals surface area (Å²) in [6.45, 7) is 1.70. The monoisotopic (exact) mass is 274 g/mol. The van der Waals surface area contributed by atoms with Crippen molar-refractivity contribution < 1.29 is 14.1 Å². The minimum Gasteiger partial charge on any atom is -0.321 e. The SMILES string of the molecule is Cc1ccc(F)cc1NC(=O)c1ccccc1[N+](=O)[O-]. The molecule has 102 valence electrons. The van der Waals surface area contributed by atoms with Crippen molar-refractivity contribution >= 4 is 17.3 Å². The first-order chi connectivity index (χ1) is 9.49. The van der Waals surface area contributed by atoms with Crippen LogP contribution >= 0.6 is 0 Å². The summed E-state index contributed by atoms with van der Waals surface area (Å²) in [4.78, 5) is 22.3. The van der Waals surface area contributed by atoms with Gasteiger partial charge in [0.2, 0.25) is 0 Å². The summed E-state index contributed by atoms with van der Waals surface area (Å²) in [6.07, 6.45) is 0. The van der Waals surface area contributed by atoms with E-state index in [1.807, 2.05) is 0 Å². The van der Waals surface area contributed by atoms with Crippen molar-refractivity contribution in [3.05, 3.63) is 69.5 Å². The van der Waals surface area contributed by atoms with Crippen LogP contribution < -0.4 is 5.32 Å². The summed E-state index contributed by atoms with van der Waals surface area (Å²) in [5.74, 6) is -1.14. The highest BCUT2D eigenvalue weighted by molar-refractivity contribution is 6.07. The summed E-state index contributed by atoms with van der Waals surface area (Å²) >= 11 is 0. The van der Waals surface area contributed by atoms with E-state index in [1.54, 1.807) is 6.92 Å². The van der Waals surface area contributed by atoms with Crippen LogP contribution in [-0.2, 0) is 0 Å². The van der Waals surface area contributed by atoms with E-state index in [2.05, 4.69) is 5.32 Å². The molecule has 0 aliphatic heterocycles. The van der Waals surface area contributed by atoms with Crippen LogP contribution in [0.1, 0.15) is 15.9 Å². The number of hydrogen-bond donors (Lipinski definition) is 1. The lowest BCUT2D eigenvalue weighted by molar-refractivity contribution is -0.385. The fraction of sp³-hybridized carbons (Fsp3) is 0.0714. The van der Waals surface area contributed by atoms with Crippen LogP contribution in [0, 0.1) is 22.9 Å². The fourth-order valence-electron chi connectivity index (χ4n) is 1.74. The van der Waals surface area contributed by atoms with Gasteiger partial charge >= 0.3 is 0 Å². The van der Waals surface area contributed by atoms with Gasteiger partial charge in [-0.15, -0.1) is 0 Å². The van der Waals surface area contributed by atoms with Crippen molar-refractivity contribution in [1.29, 1.82) is 0 Å². The molecule has 0 spiro atoms. The van der Waals surface area contributed by atoms with E-state index in [9.17, 15) is 19.3 Å². The van der Waals surface area contributed by atoms with Gasteiger partial charge in [-0.1, -0.05) is 18.2 Å².